The molecule has 144 valence electrons. The number of carbonyl (C=O) groups is 2. The van der Waals surface area contributed by atoms with Crippen molar-refractivity contribution in [2.24, 2.45) is 4.99 Å². The lowest BCUT2D eigenvalue weighted by molar-refractivity contribution is -0.127. The molecule has 0 aliphatic carbocycles. The van der Waals surface area contributed by atoms with Crippen molar-refractivity contribution in [3.8, 4) is 0 Å². The first-order valence-electron chi connectivity index (χ1n) is 8.76. The van der Waals surface area contributed by atoms with E-state index in [0.717, 1.165) is 11.3 Å². The molecule has 1 saturated heterocycles. The van der Waals surface area contributed by atoms with Crippen LogP contribution in [-0.4, -0.2) is 33.7 Å². The third-order valence-electron chi connectivity index (χ3n) is 4.08. The minimum Gasteiger partial charge on any atom is -0.324 e. The third kappa shape index (κ3) is 4.67. The lowest BCUT2D eigenvalue weighted by Crippen LogP contribution is -2.33. The molecule has 5 nitrogen and oxygen atoms in total. The number of carbonyl (C=O) groups excluding carboxylic acids is 2. The van der Waals surface area contributed by atoms with Crippen LogP contribution in [0, 0.1) is 12.7 Å². The molecule has 0 unspecified atom stereocenters. The number of halogens is 1. The van der Waals surface area contributed by atoms with Crippen molar-refractivity contribution in [1.29, 1.82) is 0 Å². The van der Waals surface area contributed by atoms with Gasteiger partial charge in [-0.25, -0.2) is 9.38 Å². The summed E-state index contributed by atoms with van der Waals surface area (Å²) < 4.78 is 13.7. The number of hydrogen-bond donors (Lipinski definition) is 1. The summed E-state index contributed by atoms with van der Waals surface area (Å²) in [5.74, 6) is -1.15. The van der Waals surface area contributed by atoms with Gasteiger partial charge in [0.25, 0.3) is 0 Å². The summed E-state index contributed by atoms with van der Waals surface area (Å²) in [5.41, 5.74) is 1.90. The van der Waals surface area contributed by atoms with E-state index in [1.807, 2.05) is 31.2 Å². The number of hydrogen-bond acceptors (Lipinski definition) is 4. The predicted molar refractivity (Wildman–Crippen MR) is 111 cm³/mol. The average molecular weight is 397 g/mol. The smallest absolute Gasteiger partial charge is 0.242 e. The highest BCUT2D eigenvalue weighted by Crippen LogP contribution is 2.32. The Hall–Kier alpha value is -2.93. The van der Waals surface area contributed by atoms with Crippen molar-refractivity contribution in [2.45, 2.75) is 18.6 Å². The van der Waals surface area contributed by atoms with Crippen molar-refractivity contribution >= 4 is 40.1 Å². The number of rotatable bonds is 6. The first kappa shape index (κ1) is 19.8. The van der Waals surface area contributed by atoms with E-state index in [1.165, 1.54) is 28.8 Å². The summed E-state index contributed by atoms with van der Waals surface area (Å²) in [5, 5.41) is 2.43. The molecule has 1 heterocycles. The van der Waals surface area contributed by atoms with E-state index in [1.54, 1.807) is 18.2 Å². The normalized spacial score (nSPS) is 17.8. The Kier molecular flexibility index (Phi) is 6.26. The maximum atomic E-state index is 13.7. The number of amidine groups is 1. The Morgan fingerprint density at radius 1 is 1.32 bits per heavy atom. The molecule has 28 heavy (non-hydrogen) atoms. The van der Waals surface area contributed by atoms with Gasteiger partial charge in [-0.15, -0.1) is 6.58 Å². The second kappa shape index (κ2) is 8.84. The molecule has 0 aromatic heterocycles. The van der Waals surface area contributed by atoms with Gasteiger partial charge in [0.1, 0.15) is 11.1 Å². The standard InChI is InChI=1S/C21H20FN3O2S/c1-3-11-25-20(27)18(13-19(26)24-17-10-5-4-9-16(17)22)28-21(25)23-15-8-6-7-14(2)12-15/h3-10,12,18H,1,11,13H2,2H3,(H,24,26)/t18-/m1/s1. The third-order valence-corrected chi connectivity index (χ3v) is 5.25. The van der Waals surface area contributed by atoms with Gasteiger partial charge >= 0.3 is 0 Å². The van der Waals surface area contributed by atoms with E-state index in [0.29, 0.717) is 11.7 Å². The number of nitrogens with zero attached hydrogens (tertiary/aromatic N) is 2. The zero-order valence-corrected chi connectivity index (χ0v) is 16.2. The Labute approximate surface area is 167 Å². The molecule has 2 aromatic rings. The van der Waals surface area contributed by atoms with Crippen LogP contribution >= 0.6 is 11.8 Å². The van der Waals surface area contributed by atoms with Crippen molar-refractivity contribution in [2.75, 3.05) is 11.9 Å². The first-order valence-corrected chi connectivity index (χ1v) is 9.64. The molecule has 1 N–H and O–H groups in total. The molecular formula is C21H20FN3O2S. The van der Waals surface area contributed by atoms with Gasteiger partial charge in [-0.2, -0.15) is 0 Å². The molecule has 2 aromatic carbocycles. The van der Waals surface area contributed by atoms with Gasteiger partial charge in [-0.1, -0.05) is 42.1 Å². The average Bonchev–Trinajstić information content (AvgIpc) is 2.93. The maximum Gasteiger partial charge on any atom is 0.242 e. The summed E-state index contributed by atoms with van der Waals surface area (Å²) in [7, 11) is 0. The second-order valence-corrected chi connectivity index (χ2v) is 7.48. The van der Waals surface area contributed by atoms with Gasteiger partial charge in [0.15, 0.2) is 5.17 Å². The van der Waals surface area contributed by atoms with E-state index < -0.39 is 17.0 Å². The van der Waals surface area contributed by atoms with Crippen LogP contribution in [0.5, 0.6) is 0 Å². The number of aryl methyl sites for hydroxylation is 1. The number of amides is 2. The number of benzene rings is 2. The van der Waals surface area contributed by atoms with Gasteiger partial charge in [0, 0.05) is 13.0 Å². The summed E-state index contributed by atoms with van der Waals surface area (Å²) in [6.07, 6.45) is 1.55. The predicted octanol–water partition coefficient (Wildman–Crippen LogP) is 4.28. The summed E-state index contributed by atoms with van der Waals surface area (Å²) in [6.45, 7) is 5.96. The molecule has 1 aliphatic rings. The lowest BCUT2D eigenvalue weighted by Gasteiger charge is -2.14. The minimum absolute atomic E-state index is 0.0711. The van der Waals surface area contributed by atoms with Crippen LogP contribution in [-0.2, 0) is 9.59 Å². The number of nitrogens with one attached hydrogen (secondary N) is 1. The van der Waals surface area contributed by atoms with Gasteiger partial charge < -0.3 is 5.32 Å². The molecule has 7 heteroatoms. The molecule has 0 bridgehead atoms. The molecule has 1 atom stereocenters. The van der Waals surface area contributed by atoms with Crippen LogP contribution in [0.15, 0.2) is 66.2 Å². The number of thioether (sulfide) groups is 1. The fourth-order valence-electron chi connectivity index (χ4n) is 2.76. The molecule has 1 fully saturated rings. The van der Waals surface area contributed by atoms with Crippen LogP contribution in [0.4, 0.5) is 15.8 Å². The van der Waals surface area contributed by atoms with Crippen LogP contribution < -0.4 is 5.32 Å². The Balaban J connectivity index is 1.75. The molecule has 0 radical (unpaired) electrons. The monoisotopic (exact) mass is 397 g/mol. The molecule has 2 amide bonds. The molecular weight excluding hydrogens is 377 g/mol. The highest BCUT2D eigenvalue weighted by Gasteiger charge is 2.38. The van der Waals surface area contributed by atoms with Gasteiger partial charge in [-0.05, 0) is 36.8 Å². The van der Waals surface area contributed by atoms with Gasteiger partial charge in [0.2, 0.25) is 11.8 Å². The summed E-state index contributed by atoms with van der Waals surface area (Å²) in [4.78, 5) is 31.1. The topological polar surface area (TPSA) is 61.8 Å². The van der Waals surface area contributed by atoms with E-state index in [4.69, 9.17) is 0 Å². The van der Waals surface area contributed by atoms with Crippen LogP contribution in [0.3, 0.4) is 0 Å². The maximum absolute atomic E-state index is 13.7. The summed E-state index contributed by atoms with van der Waals surface area (Å²) >= 11 is 1.23. The fourth-order valence-corrected chi connectivity index (χ4v) is 3.93. The zero-order chi connectivity index (χ0) is 20.1. The van der Waals surface area contributed by atoms with E-state index >= 15 is 0 Å². The van der Waals surface area contributed by atoms with Gasteiger partial charge in [-0.3, -0.25) is 14.5 Å². The van der Waals surface area contributed by atoms with E-state index in [9.17, 15) is 14.0 Å². The second-order valence-electron chi connectivity index (χ2n) is 6.31. The van der Waals surface area contributed by atoms with Crippen LogP contribution in [0.1, 0.15) is 12.0 Å². The van der Waals surface area contributed by atoms with Crippen molar-refractivity contribution in [3.63, 3.8) is 0 Å². The number of anilines is 1. The molecule has 1 aliphatic heterocycles. The number of para-hydroxylation sites is 1. The molecule has 3 rings (SSSR count). The Morgan fingerprint density at radius 3 is 2.82 bits per heavy atom. The Morgan fingerprint density at radius 2 is 2.11 bits per heavy atom. The van der Waals surface area contributed by atoms with Gasteiger partial charge in [0.05, 0.1) is 11.4 Å². The van der Waals surface area contributed by atoms with Crippen molar-refractivity contribution in [3.05, 3.63) is 72.6 Å². The highest BCUT2D eigenvalue weighted by atomic mass is 32.2. The lowest BCUT2D eigenvalue weighted by atomic mass is 10.2. The summed E-state index contributed by atoms with van der Waals surface area (Å²) in [6, 6.07) is 13.6. The van der Waals surface area contributed by atoms with E-state index in [-0.39, 0.29) is 18.0 Å². The first-order chi connectivity index (χ1) is 13.5. The fraction of sp³-hybridized carbons (Fsp3) is 0.190. The molecule has 0 spiro atoms. The van der Waals surface area contributed by atoms with Crippen LogP contribution in [0.25, 0.3) is 0 Å². The molecule has 0 saturated carbocycles. The quantitative estimate of drug-likeness (QED) is 0.740. The largest absolute Gasteiger partial charge is 0.324 e. The SMILES string of the molecule is C=CCN1C(=O)[C@@H](CC(=O)Nc2ccccc2F)SC1=Nc1cccc(C)c1. The van der Waals surface area contributed by atoms with Crippen molar-refractivity contribution in [1.82, 2.24) is 4.90 Å². The number of aliphatic imine (C=N–C) groups is 1. The highest BCUT2D eigenvalue weighted by molar-refractivity contribution is 8.15. The zero-order valence-electron chi connectivity index (χ0n) is 15.4. The van der Waals surface area contributed by atoms with Crippen molar-refractivity contribution < 1.29 is 14.0 Å². The van der Waals surface area contributed by atoms with E-state index in [2.05, 4.69) is 16.9 Å². The minimum atomic E-state index is -0.615. The Bertz CT molecular complexity index is 945. The van der Waals surface area contributed by atoms with Crippen LogP contribution in [0.2, 0.25) is 0 Å².